The van der Waals surface area contributed by atoms with Gasteiger partial charge in [-0.1, -0.05) is 17.3 Å². The lowest BCUT2D eigenvalue weighted by Crippen LogP contribution is -2.41. The molecular weight excluding hydrogens is 325 g/mol. The molecule has 0 saturated carbocycles. The molecule has 3 rings (SSSR count). The summed E-state index contributed by atoms with van der Waals surface area (Å²) in [6, 6.07) is 4.04. The summed E-state index contributed by atoms with van der Waals surface area (Å²) in [5.41, 5.74) is 0.431. The molecule has 2 aromatic rings. The molecule has 1 aliphatic heterocycles. The molecular formula is C15H15F3N4O2. The Balaban J connectivity index is 1.66. The van der Waals surface area contributed by atoms with Crippen LogP contribution in [0.4, 0.5) is 13.2 Å². The van der Waals surface area contributed by atoms with Crippen molar-refractivity contribution in [1.82, 2.24) is 20.8 Å². The van der Waals surface area contributed by atoms with E-state index in [1.165, 1.54) is 18.2 Å². The monoisotopic (exact) mass is 340 g/mol. The van der Waals surface area contributed by atoms with Gasteiger partial charge in [0.1, 0.15) is 11.9 Å². The number of benzene rings is 1. The average molecular weight is 340 g/mol. The van der Waals surface area contributed by atoms with E-state index in [0.717, 1.165) is 0 Å². The average Bonchev–Trinajstić information content (AvgIpc) is 3.14. The van der Waals surface area contributed by atoms with Crippen LogP contribution in [0.1, 0.15) is 25.3 Å². The van der Waals surface area contributed by atoms with Gasteiger partial charge in [-0.3, -0.25) is 10.1 Å². The summed E-state index contributed by atoms with van der Waals surface area (Å²) in [6.45, 7) is 1.07. The lowest BCUT2D eigenvalue weighted by Gasteiger charge is -2.14. The molecule has 1 aliphatic rings. The van der Waals surface area contributed by atoms with E-state index in [9.17, 15) is 18.0 Å². The van der Waals surface area contributed by atoms with Crippen LogP contribution < -0.4 is 10.6 Å². The van der Waals surface area contributed by atoms with Crippen LogP contribution in [-0.2, 0) is 4.79 Å². The number of carbonyl (C=O) groups excluding carboxylic acids is 1. The molecule has 1 aromatic carbocycles. The molecule has 1 amide bonds. The summed E-state index contributed by atoms with van der Waals surface area (Å²) in [4.78, 5) is 16.1. The van der Waals surface area contributed by atoms with Crippen LogP contribution in [0.25, 0.3) is 11.4 Å². The molecule has 24 heavy (non-hydrogen) atoms. The molecule has 0 bridgehead atoms. The Hall–Kier alpha value is -2.42. The third-order valence-corrected chi connectivity index (χ3v) is 3.68. The van der Waals surface area contributed by atoms with E-state index in [2.05, 4.69) is 20.8 Å². The fourth-order valence-corrected chi connectivity index (χ4v) is 2.43. The molecule has 6 nitrogen and oxygen atoms in total. The predicted molar refractivity (Wildman–Crippen MR) is 77.6 cm³/mol. The van der Waals surface area contributed by atoms with Crippen molar-refractivity contribution < 1.29 is 22.5 Å². The number of amides is 1. The van der Waals surface area contributed by atoms with Gasteiger partial charge in [-0.2, -0.15) is 4.98 Å². The van der Waals surface area contributed by atoms with E-state index in [1.54, 1.807) is 13.0 Å². The molecule has 0 radical (unpaired) electrons. The Morgan fingerprint density at radius 2 is 2.29 bits per heavy atom. The van der Waals surface area contributed by atoms with Crippen LogP contribution in [0.2, 0.25) is 0 Å². The van der Waals surface area contributed by atoms with Gasteiger partial charge in [-0.05, 0) is 19.1 Å². The maximum Gasteiger partial charge on any atom is 0.262 e. The number of hydrogen-bond donors (Lipinski definition) is 2. The Morgan fingerprint density at radius 1 is 1.50 bits per heavy atom. The van der Waals surface area contributed by atoms with E-state index < -0.39 is 42.7 Å². The van der Waals surface area contributed by atoms with Gasteiger partial charge in [0.15, 0.2) is 0 Å². The highest BCUT2D eigenvalue weighted by Crippen LogP contribution is 2.26. The minimum Gasteiger partial charge on any atom is -0.343 e. The molecule has 2 N–H and O–H groups in total. The van der Waals surface area contributed by atoms with E-state index >= 15 is 0 Å². The van der Waals surface area contributed by atoms with E-state index in [4.69, 9.17) is 4.52 Å². The highest BCUT2D eigenvalue weighted by Gasteiger charge is 2.42. The van der Waals surface area contributed by atoms with Crippen LogP contribution in [0, 0.1) is 5.82 Å². The van der Waals surface area contributed by atoms with Gasteiger partial charge in [0.05, 0.1) is 12.6 Å². The van der Waals surface area contributed by atoms with Gasteiger partial charge < -0.3 is 9.84 Å². The Kier molecular flexibility index (Phi) is 4.27. The fraction of sp³-hybridized carbons (Fsp3) is 0.400. The molecule has 2 unspecified atom stereocenters. The summed E-state index contributed by atoms with van der Waals surface area (Å²) >= 11 is 0. The van der Waals surface area contributed by atoms with Gasteiger partial charge in [0.2, 0.25) is 17.6 Å². The molecule has 0 aliphatic carbocycles. The summed E-state index contributed by atoms with van der Waals surface area (Å²) in [5.74, 6) is -3.61. The molecule has 0 spiro atoms. The van der Waals surface area contributed by atoms with E-state index in [1.807, 2.05) is 0 Å². The van der Waals surface area contributed by atoms with Crippen molar-refractivity contribution in [3.8, 4) is 11.4 Å². The van der Waals surface area contributed by atoms with Crippen LogP contribution in [0.5, 0.6) is 0 Å². The second-order valence-electron chi connectivity index (χ2n) is 5.69. The van der Waals surface area contributed by atoms with Gasteiger partial charge in [0.25, 0.3) is 5.92 Å². The Bertz CT molecular complexity index is 750. The van der Waals surface area contributed by atoms with Crippen molar-refractivity contribution in [1.29, 1.82) is 0 Å². The van der Waals surface area contributed by atoms with Crippen molar-refractivity contribution >= 4 is 5.91 Å². The standard InChI is InChI=1S/C15H15F3N4O2/c1-8(20-13(23)11-6-15(17,18)7-19-11)14-21-12(22-24-14)9-3-2-4-10(16)5-9/h2-5,8,11,19H,6-7H2,1H3,(H,20,23). The highest BCUT2D eigenvalue weighted by molar-refractivity contribution is 5.82. The number of nitrogens with zero attached hydrogens (tertiary/aromatic N) is 2. The third kappa shape index (κ3) is 3.56. The maximum atomic E-state index is 13.2. The molecule has 2 heterocycles. The minimum absolute atomic E-state index is 0.104. The molecule has 1 aromatic heterocycles. The first-order chi connectivity index (χ1) is 11.3. The van der Waals surface area contributed by atoms with Gasteiger partial charge in [0, 0.05) is 12.0 Å². The van der Waals surface area contributed by atoms with Crippen molar-refractivity contribution in [3.05, 3.63) is 36.0 Å². The largest absolute Gasteiger partial charge is 0.343 e. The molecule has 1 saturated heterocycles. The Morgan fingerprint density at radius 3 is 2.96 bits per heavy atom. The summed E-state index contributed by atoms with van der Waals surface area (Å²) in [7, 11) is 0. The van der Waals surface area contributed by atoms with Gasteiger partial charge in [-0.15, -0.1) is 0 Å². The first kappa shape index (κ1) is 16.4. The van der Waals surface area contributed by atoms with Crippen LogP contribution in [0.3, 0.4) is 0 Å². The van der Waals surface area contributed by atoms with Crippen molar-refractivity contribution in [2.24, 2.45) is 0 Å². The van der Waals surface area contributed by atoms with E-state index in [-0.39, 0.29) is 11.7 Å². The summed E-state index contributed by atoms with van der Waals surface area (Å²) in [6.07, 6.45) is -0.552. The lowest BCUT2D eigenvalue weighted by molar-refractivity contribution is -0.124. The SMILES string of the molecule is CC(NC(=O)C1CC(F)(F)CN1)c1nc(-c2cccc(F)c2)no1. The molecule has 9 heteroatoms. The lowest BCUT2D eigenvalue weighted by atomic mass is 10.1. The van der Waals surface area contributed by atoms with Gasteiger partial charge in [-0.25, -0.2) is 13.2 Å². The van der Waals surface area contributed by atoms with Crippen molar-refractivity contribution in [2.75, 3.05) is 6.54 Å². The quantitative estimate of drug-likeness (QED) is 0.890. The maximum absolute atomic E-state index is 13.2. The topological polar surface area (TPSA) is 80.0 Å². The minimum atomic E-state index is -2.89. The van der Waals surface area contributed by atoms with Crippen LogP contribution in [-0.4, -0.2) is 34.6 Å². The number of aromatic nitrogens is 2. The van der Waals surface area contributed by atoms with Gasteiger partial charge >= 0.3 is 0 Å². The smallest absolute Gasteiger partial charge is 0.262 e. The summed E-state index contributed by atoms with van der Waals surface area (Å²) in [5, 5.41) is 8.75. The number of alkyl halides is 2. The first-order valence-corrected chi connectivity index (χ1v) is 7.35. The first-order valence-electron chi connectivity index (χ1n) is 7.35. The second kappa shape index (κ2) is 6.23. The fourth-order valence-electron chi connectivity index (χ4n) is 2.43. The molecule has 2 atom stereocenters. The zero-order valence-electron chi connectivity index (χ0n) is 12.7. The zero-order valence-corrected chi connectivity index (χ0v) is 12.7. The van der Waals surface area contributed by atoms with Crippen molar-refractivity contribution in [2.45, 2.75) is 31.4 Å². The van der Waals surface area contributed by atoms with Crippen LogP contribution in [0.15, 0.2) is 28.8 Å². The molecule has 128 valence electrons. The summed E-state index contributed by atoms with van der Waals surface area (Å²) < 4.78 is 44.5. The van der Waals surface area contributed by atoms with Crippen molar-refractivity contribution in [3.63, 3.8) is 0 Å². The third-order valence-electron chi connectivity index (χ3n) is 3.68. The second-order valence-corrected chi connectivity index (χ2v) is 5.69. The number of hydrogen-bond acceptors (Lipinski definition) is 5. The molecule has 1 fully saturated rings. The number of halogens is 3. The van der Waals surface area contributed by atoms with Crippen LogP contribution >= 0.6 is 0 Å². The zero-order chi connectivity index (χ0) is 17.3. The van der Waals surface area contributed by atoms with E-state index in [0.29, 0.717) is 5.56 Å². The normalized spacial score (nSPS) is 20.8. The highest BCUT2D eigenvalue weighted by atomic mass is 19.3. The number of carbonyl (C=O) groups is 1. The number of nitrogens with one attached hydrogen (secondary N) is 2. The predicted octanol–water partition coefficient (Wildman–Crippen LogP) is 2.05. The number of rotatable bonds is 4. The Labute approximate surface area is 135 Å².